The Morgan fingerprint density at radius 2 is 1.89 bits per heavy atom. The Morgan fingerprint density at radius 1 is 1.05 bits per heavy atom. The number of hydrogen-bond donors (Lipinski definition) is 0. The summed E-state index contributed by atoms with van der Waals surface area (Å²) in [6.45, 7) is 0. The minimum Gasteiger partial charge on any atom is -0.435 e. The number of pyridine rings is 1. The van der Waals surface area contributed by atoms with Crippen LogP contribution in [-0.2, 0) is 0 Å². The molecule has 0 saturated carbocycles. The molecule has 0 amide bonds. The van der Waals surface area contributed by atoms with Crippen LogP contribution in [0.5, 0.6) is 11.6 Å². The normalized spacial score (nSPS) is 10.6. The fourth-order valence-electron chi connectivity index (χ4n) is 1.56. The molecule has 19 heavy (non-hydrogen) atoms. The third kappa shape index (κ3) is 2.57. The molecule has 2 aromatic heterocycles. The Balaban J connectivity index is 1.98. The fourth-order valence-corrected chi connectivity index (χ4v) is 1.80. The zero-order chi connectivity index (χ0) is 13.2. The molecule has 0 unspecified atom stereocenters. The van der Waals surface area contributed by atoms with Gasteiger partial charge in [-0.05, 0) is 23.7 Å². The highest BCUT2D eigenvalue weighted by atomic mass is 35.5. The highest BCUT2D eigenvalue weighted by molar-refractivity contribution is 6.31. The molecule has 1 aromatic carbocycles. The van der Waals surface area contributed by atoms with E-state index in [1.54, 1.807) is 6.20 Å². The van der Waals surface area contributed by atoms with Crippen LogP contribution in [0.4, 0.5) is 0 Å². The first-order valence-corrected chi connectivity index (χ1v) is 6.06. The number of fused-ring (bicyclic) bond motifs is 1. The molecule has 2 heterocycles. The van der Waals surface area contributed by atoms with Crippen molar-refractivity contribution in [3.8, 4) is 11.6 Å². The number of hydrogen-bond acceptors (Lipinski definition) is 5. The average molecular weight is 293 g/mol. The molecule has 0 aliphatic rings. The number of rotatable bonds is 2. The van der Waals surface area contributed by atoms with E-state index in [2.05, 4.69) is 20.2 Å². The summed E-state index contributed by atoms with van der Waals surface area (Å²) in [5, 5.41) is 8.07. The van der Waals surface area contributed by atoms with Gasteiger partial charge in [0.25, 0.3) is 5.88 Å². The van der Waals surface area contributed by atoms with Crippen molar-refractivity contribution >= 4 is 34.1 Å². The lowest BCUT2D eigenvalue weighted by Gasteiger charge is -2.06. The van der Waals surface area contributed by atoms with E-state index in [-0.39, 0.29) is 16.3 Å². The largest absolute Gasteiger partial charge is 0.435 e. The van der Waals surface area contributed by atoms with Crippen LogP contribution in [0.2, 0.25) is 10.4 Å². The predicted molar refractivity (Wildman–Crippen MR) is 71.7 cm³/mol. The van der Waals surface area contributed by atoms with E-state index >= 15 is 0 Å². The van der Waals surface area contributed by atoms with Crippen LogP contribution < -0.4 is 4.74 Å². The van der Waals surface area contributed by atoms with Gasteiger partial charge in [0.05, 0.1) is 11.7 Å². The summed E-state index contributed by atoms with van der Waals surface area (Å²) in [7, 11) is 0. The molecule has 5 nitrogen and oxygen atoms in total. The molecule has 0 saturated heterocycles. The van der Waals surface area contributed by atoms with Gasteiger partial charge in [-0.2, -0.15) is 4.98 Å². The molecular formula is C12H6Cl2N4O. The van der Waals surface area contributed by atoms with Crippen LogP contribution in [0, 0.1) is 0 Å². The maximum Gasteiger partial charge on any atom is 0.262 e. The molecule has 0 bridgehead atoms. The Morgan fingerprint density at radius 3 is 2.79 bits per heavy atom. The first kappa shape index (κ1) is 12.1. The predicted octanol–water partition coefficient (Wildman–Crippen LogP) is 3.52. The Labute approximate surface area is 118 Å². The van der Waals surface area contributed by atoms with Crippen molar-refractivity contribution in [1.82, 2.24) is 20.2 Å². The van der Waals surface area contributed by atoms with Crippen molar-refractivity contribution in [1.29, 1.82) is 0 Å². The zero-order valence-electron chi connectivity index (χ0n) is 9.42. The van der Waals surface area contributed by atoms with Gasteiger partial charge in [-0.15, -0.1) is 10.2 Å². The summed E-state index contributed by atoms with van der Waals surface area (Å²) in [5.41, 5.74) is 0.875. The molecule has 94 valence electrons. The molecule has 3 rings (SSSR count). The molecule has 3 aromatic rings. The van der Waals surface area contributed by atoms with Gasteiger partial charge in [-0.3, -0.25) is 4.98 Å². The summed E-state index contributed by atoms with van der Waals surface area (Å²) >= 11 is 11.5. The number of nitrogens with zero attached hydrogens (tertiary/aromatic N) is 4. The van der Waals surface area contributed by atoms with Gasteiger partial charge in [0, 0.05) is 5.39 Å². The SMILES string of the molecule is Clc1nnc(Cl)c(Oc2cnc3ccccc3c2)n1. The third-order valence-corrected chi connectivity index (χ3v) is 2.77. The first-order chi connectivity index (χ1) is 9.22. The van der Waals surface area contributed by atoms with E-state index in [4.69, 9.17) is 27.9 Å². The molecule has 7 heteroatoms. The summed E-state index contributed by atoms with van der Waals surface area (Å²) in [6, 6.07) is 9.51. The van der Waals surface area contributed by atoms with E-state index in [1.807, 2.05) is 30.3 Å². The highest BCUT2D eigenvalue weighted by Gasteiger charge is 2.09. The number of ether oxygens (including phenoxy) is 1. The van der Waals surface area contributed by atoms with Gasteiger partial charge in [-0.25, -0.2) is 0 Å². The minimum absolute atomic E-state index is 0.0341. The van der Waals surface area contributed by atoms with Crippen LogP contribution >= 0.6 is 23.2 Å². The standard InChI is InChI=1S/C12H6Cl2N4O/c13-10-11(16-12(14)18-17-10)19-8-5-7-3-1-2-4-9(7)15-6-8/h1-6H. The lowest BCUT2D eigenvalue weighted by molar-refractivity contribution is 0.456. The molecule has 0 aliphatic heterocycles. The van der Waals surface area contributed by atoms with Crippen LogP contribution in [0.1, 0.15) is 0 Å². The van der Waals surface area contributed by atoms with Gasteiger partial charge < -0.3 is 4.74 Å². The summed E-state index contributed by atoms with van der Waals surface area (Å²) < 4.78 is 5.51. The average Bonchev–Trinajstić information content (AvgIpc) is 2.43. The van der Waals surface area contributed by atoms with Gasteiger partial charge in [0.1, 0.15) is 5.75 Å². The molecule has 0 fully saturated rings. The van der Waals surface area contributed by atoms with Crippen molar-refractivity contribution in [2.75, 3.05) is 0 Å². The van der Waals surface area contributed by atoms with Gasteiger partial charge in [0.15, 0.2) is 0 Å². The van der Waals surface area contributed by atoms with E-state index < -0.39 is 0 Å². The van der Waals surface area contributed by atoms with Crippen molar-refractivity contribution in [3.63, 3.8) is 0 Å². The van der Waals surface area contributed by atoms with Crippen molar-refractivity contribution < 1.29 is 4.74 Å². The second-order valence-electron chi connectivity index (χ2n) is 3.64. The van der Waals surface area contributed by atoms with Gasteiger partial charge in [0.2, 0.25) is 10.4 Å². The number of halogens is 2. The minimum atomic E-state index is -0.0341. The van der Waals surface area contributed by atoms with Crippen LogP contribution in [0.3, 0.4) is 0 Å². The molecule has 0 spiro atoms. The molecule has 0 radical (unpaired) electrons. The Hall–Kier alpha value is -1.98. The maximum absolute atomic E-state index is 5.82. The lowest BCUT2D eigenvalue weighted by atomic mass is 10.2. The van der Waals surface area contributed by atoms with Crippen molar-refractivity contribution in [2.24, 2.45) is 0 Å². The number of benzene rings is 1. The van der Waals surface area contributed by atoms with Crippen LogP contribution in [0.25, 0.3) is 10.9 Å². The Bertz CT molecular complexity index is 751. The maximum atomic E-state index is 5.82. The molecule has 0 aliphatic carbocycles. The fraction of sp³-hybridized carbons (Fsp3) is 0. The molecule has 0 N–H and O–H groups in total. The number of para-hydroxylation sites is 1. The summed E-state index contributed by atoms with van der Waals surface area (Å²) in [4.78, 5) is 8.12. The zero-order valence-corrected chi connectivity index (χ0v) is 10.9. The van der Waals surface area contributed by atoms with E-state index in [0.29, 0.717) is 5.75 Å². The highest BCUT2D eigenvalue weighted by Crippen LogP contribution is 2.27. The molecule has 0 atom stereocenters. The second-order valence-corrected chi connectivity index (χ2v) is 4.34. The summed E-state index contributed by atoms with van der Waals surface area (Å²) in [6.07, 6.45) is 1.58. The topological polar surface area (TPSA) is 60.8 Å². The second kappa shape index (κ2) is 4.95. The van der Waals surface area contributed by atoms with E-state index in [0.717, 1.165) is 10.9 Å². The quantitative estimate of drug-likeness (QED) is 0.723. The first-order valence-electron chi connectivity index (χ1n) is 5.31. The smallest absolute Gasteiger partial charge is 0.262 e. The van der Waals surface area contributed by atoms with Gasteiger partial charge >= 0.3 is 0 Å². The summed E-state index contributed by atoms with van der Waals surface area (Å²) in [5.74, 6) is 0.593. The van der Waals surface area contributed by atoms with Crippen LogP contribution in [-0.4, -0.2) is 20.2 Å². The van der Waals surface area contributed by atoms with E-state index in [1.165, 1.54) is 0 Å². The monoisotopic (exact) mass is 292 g/mol. The number of aromatic nitrogens is 4. The van der Waals surface area contributed by atoms with E-state index in [9.17, 15) is 0 Å². The van der Waals surface area contributed by atoms with Gasteiger partial charge in [-0.1, -0.05) is 29.8 Å². The van der Waals surface area contributed by atoms with Crippen molar-refractivity contribution in [2.45, 2.75) is 0 Å². The third-order valence-electron chi connectivity index (χ3n) is 2.37. The van der Waals surface area contributed by atoms with Crippen LogP contribution in [0.15, 0.2) is 36.5 Å². The Kier molecular flexibility index (Phi) is 3.15. The lowest BCUT2D eigenvalue weighted by Crippen LogP contribution is -1.95. The van der Waals surface area contributed by atoms with Crippen molar-refractivity contribution in [3.05, 3.63) is 47.0 Å². The molecular weight excluding hydrogens is 287 g/mol.